The lowest BCUT2D eigenvalue weighted by molar-refractivity contribution is 0.0663. The molecule has 1 aliphatic rings. The third-order valence-corrected chi connectivity index (χ3v) is 4.63. The van der Waals surface area contributed by atoms with Gasteiger partial charge >= 0.3 is 0 Å². The molecule has 0 spiro atoms. The molecule has 1 aromatic heterocycles. The second kappa shape index (κ2) is 7.22. The third-order valence-electron chi connectivity index (χ3n) is 4.63. The van der Waals surface area contributed by atoms with E-state index in [9.17, 15) is 13.6 Å². The molecule has 2 heterocycles. The fourth-order valence-electron chi connectivity index (χ4n) is 3.20. The topological polar surface area (TPSA) is 63.9 Å². The molecule has 4 rings (SSSR count). The van der Waals surface area contributed by atoms with Crippen LogP contribution in [0, 0.1) is 11.6 Å². The zero-order valence-corrected chi connectivity index (χ0v) is 14.4. The number of benzene rings is 2. The minimum Gasteiger partial charge on any atom is -0.336 e. The van der Waals surface area contributed by atoms with Crippen molar-refractivity contribution in [1.29, 1.82) is 0 Å². The van der Waals surface area contributed by atoms with E-state index in [1.54, 1.807) is 17.0 Å². The fraction of sp³-hybridized carbons (Fsp3) is 0.263. The molecule has 0 aliphatic carbocycles. The summed E-state index contributed by atoms with van der Waals surface area (Å²) in [5.74, 6) is -0.424. The van der Waals surface area contributed by atoms with Crippen molar-refractivity contribution in [1.82, 2.24) is 25.1 Å². The molecule has 0 bridgehead atoms. The molecule has 8 heteroatoms. The number of carbonyl (C=O) groups excluding carboxylic acids is 1. The smallest absolute Gasteiger partial charge is 0.253 e. The quantitative estimate of drug-likeness (QED) is 0.712. The first-order chi connectivity index (χ1) is 13.1. The molecule has 3 aromatic rings. The average Bonchev–Trinajstić information content (AvgIpc) is 3.19. The minimum absolute atomic E-state index is 0.0927. The second-order valence-electron chi connectivity index (χ2n) is 6.49. The summed E-state index contributed by atoms with van der Waals surface area (Å²) in [4.78, 5) is 15.9. The predicted molar refractivity (Wildman–Crippen MR) is 93.8 cm³/mol. The highest BCUT2D eigenvalue weighted by Crippen LogP contribution is 2.23. The Morgan fingerprint density at radius 2 is 1.67 bits per heavy atom. The van der Waals surface area contributed by atoms with Crippen molar-refractivity contribution < 1.29 is 13.6 Å². The van der Waals surface area contributed by atoms with Gasteiger partial charge in [-0.3, -0.25) is 4.79 Å². The van der Waals surface area contributed by atoms with Crippen LogP contribution in [-0.4, -0.2) is 44.1 Å². The van der Waals surface area contributed by atoms with Gasteiger partial charge in [-0.05, 0) is 66.6 Å². The fourth-order valence-corrected chi connectivity index (χ4v) is 3.20. The number of hydrogen-bond donors (Lipinski definition) is 0. The van der Waals surface area contributed by atoms with E-state index in [1.165, 1.54) is 41.2 Å². The summed E-state index contributed by atoms with van der Waals surface area (Å²) in [6, 6.07) is 11.3. The van der Waals surface area contributed by atoms with Gasteiger partial charge in [0.15, 0.2) is 0 Å². The lowest BCUT2D eigenvalue weighted by Gasteiger charge is -2.31. The van der Waals surface area contributed by atoms with E-state index in [4.69, 9.17) is 0 Å². The van der Waals surface area contributed by atoms with Gasteiger partial charge in [0.05, 0.1) is 6.04 Å². The van der Waals surface area contributed by atoms with E-state index in [0.29, 0.717) is 30.0 Å². The number of rotatable bonds is 3. The summed E-state index contributed by atoms with van der Waals surface area (Å²) in [5.41, 5.74) is 1.13. The van der Waals surface area contributed by atoms with Crippen LogP contribution in [-0.2, 0) is 0 Å². The van der Waals surface area contributed by atoms with E-state index in [0.717, 1.165) is 12.8 Å². The van der Waals surface area contributed by atoms with E-state index in [-0.39, 0.29) is 23.6 Å². The summed E-state index contributed by atoms with van der Waals surface area (Å²) in [6.45, 7) is 1.08. The average molecular weight is 369 g/mol. The van der Waals surface area contributed by atoms with Crippen LogP contribution in [0.5, 0.6) is 0 Å². The standard InChI is InChI=1S/C19H17F2N5O/c20-15-7-3-13(4-8-15)18-22-24-26(23-18)17-2-1-11-25(12-17)19(27)14-5-9-16(21)10-6-14/h3-10,17H,1-2,11-12H2/t17-/m1/s1. The van der Waals surface area contributed by atoms with Gasteiger partial charge in [-0.15, -0.1) is 10.2 Å². The molecule has 27 heavy (non-hydrogen) atoms. The first-order valence-electron chi connectivity index (χ1n) is 8.70. The highest BCUT2D eigenvalue weighted by Gasteiger charge is 2.27. The van der Waals surface area contributed by atoms with Crippen molar-refractivity contribution >= 4 is 5.91 Å². The Kier molecular flexibility index (Phi) is 4.62. The summed E-state index contributed by atoms with van der Waals surface area (Å²) in [5, 5.41) is 12.6. The Morgan fingerprint density at radius 3 is 2.37 bits per heavy atom. The van der Waals surface area contributed by atoms with Crippen LogP contribution in [0.25, 0.3) is 11.4 Å². The minimum atomic E-state index is -0.372. The number of hydrogen-bond acceptors (Lipinski definition) is 4. The Balaban J connectivity index is 1.49. The molecule has 0 saturated carbocycles. The largest absolute Gasteiger partial charge is 0.336 e. The van der Waals surface area contributed by atoms with Gasteiger partial charge in [0.25, 0.3) is 5.91 Å². The first kappa shape index (κ1) is 17.3. The summed E-state index contributed by atoms with van der Waals surface area (Å²) < 4.78 is 26.1. The maximum atomic E-state index is 13.1. The van der Waals surface area contributed by atoms with Crippen molar-refractivity contribution in [3.8, 4) is 11.4 Å². The van der Waals surface area contributed by atoms with Gasteiger partial charge in [-0.2, -0.15) is 4.80 Å². The lowest BCUT2D eigenvalue weighted by atomic mass is 10.0. The molecule has 1 atom stereocenters. The van der Waals surface area contributed by atoms with E-state index in [2.05, 4.69) is 15.4 Å². The normalized spacial score (nSPS) is 17.1. The molecule has 2 aromatic carbocycles. The molecule has 1 aliphatic heterocycles. The molecule has 0 N–H and O–H groups in total. The number of amides is 1. The van der Waals surface area contributed by atoms with Crippen molar-refractivity contribution in [2.75, 3.05) is 13.1 Å². The van der Waals surface area contributed by atoms with Crippen LogP contribution >= 0.6 is 0 Å². The van der Waals surface area contributed by atoms with Crippen molar-refractivity contribution in [3.63, 3.8) is 0 Å². The molecule has 1 saturated heterocycles. The Hall–Kier alpha value is -3.16. The Morgan fingerprint density at radius 1 is 1.00 bits per heavy atom. The molecule has 0 unspecified atom stereocenters. The van der Waals surface area contributed by atoms with E-state index < -0.39 is 0 Å². The van der Waals surface area contributed by atoms with Gasteiger partial charge in [0.1, 0.15) is 11.6 Å². The Bertz CT molecular complexity index is 939. The highest BCUT2D eigenvalue weighted by atomic mass is 19.1. The summed E-state index contributed by atoms with van der Waals surface area (Å²) in [7, 11) is 0. The van der Waals surface area contributed by atoms with Gasteiger partial charge in [0, 0.05) is 24.2 Å². The second-order valence-corrected chi connectivity index (χ2v) is 6.49. The van der Waals surface area contributed by atoms with Gasteiger partial charge in [-0.1, -0.05) is 0 Å². The first-order valence-corrected chi connectivity index (χ1v) is 8.70. The van der Waals surface area contributed by atoms with Crippen LogP contribution in [0.15, 0.2) is 48.5 Å². The van der Waals surface area contributed by atoms with Gasteiger partial charge in [0.2, 0.25) is 5.82 Å². The third kappa shape index (κ3) is 3.69. The summed E-state index contributed by atoms with van der Waals surface area (Å²) in [6.07, 6.45) is 1.64. The lowest BCUT2D eigenvalue weighted by Crippen LogP contribution is -2.41. The number of nitrogens with zero attached hydrogens (tertiary/aromatic N) is 5. The van der Waals surface area contributed by atoms with Crippen molar-refractivity contribution in [3.05, 3.63) is 65.7 Å². The van der Waals surface area contributed by atoms with Crippen LogP contribution in [0.4, 0.5) is 8.78 Å². The highest BCUT2D eigenvalue weighted by molar-refractivity contribution is 5.94. The molecular weight excluding hydrogens is 352 g/mol. The van der Waals surface area contributed by atoms with Crippen molar-refractivity contribution in [2.45, 2.75) is 18.9 Å². The maximum Gasteiger partial charge on any atom is 0.253 e. The number of tetrazole rings is 1. The van der Waals surface area contributed by atoms with Gasteiger partial charge in [-0.25, -0.2) is 8.78 Å². The number of carbonyl (C=O) groups is 1. The molecule has 6 nitrogen and oxygen atoms in total. The number of likely N-dealkylation sites (tertiary alicyclic amines) is 1. The zero-order chi connectivity index (χ0) is 18.8. The van der Waals surface area contributed by atoms with Crippen LogP contribution in [0.2, 0.25) is 0 Å². The maximum absolute atomic E-state index is 13.1. The molecular formula is C19H17F2N5O. The molecule has 138 valence electrons. The summed E-state index contributed by atoms with van der Waals surface area (Å²) >= 11 is 0. The van der Waals surface area contributed by atoms with E-state index in [1.807, 2.05) is 0 Å². The Labute approximate surface area is 154 Å². The molecule has 0 radical (unpaired) electrons. The van der Waals surface area contributed by atoms with Crippen LogP contribution in [0.3, 0.4) is 0 Å². The monoisotopic (exact) mass is 369 g/mol. The molecule has 1 amide bonds. The van der Waals surface area contributed by atoms with Crippen molar-refractivity contribution in [2.24, 2.45) is 0 Å². The zero-order valence-electron chi connectivity index (χ0n) is 14.4. The number of aromatic nitrogens is 4. The van der Waals surface area contributed by atoms with Gasteiger partial charge < -0.3 is 4.90 Å². The van der Waals surface area contributed by atoms with Crippen LogP contribution in [0.1, 0.15) is 29.2 Å². The number of piperidine rings is 1. The van der Waals surface area contributed by atoms with Crippen LogP contribution < -0.4 is 0 Å². The SMILES string of the molecule is O=C(c1ccc(F)cc1)N1CCC[C@@H](n2nnc(-c3ccc(F)cc3)n2)C1. The van der Waals surface area contributed by atoms with E-state index >= 15 is 0 Å². The predicted octanol–water partition coefficient (Wildman–Crippen LogP) is 3.10. The number of halogens is 2. The molecule has 1 fully saturated rings.